The molecule has 17 heavy (non-hydrogen) atoms. The molecule has 0 saturated heterocycles. The van der Waals surface area contributed by atoms with Crippen LogP contribution in [0.25, 0.3) is 0 Å². The van der Waals surface area contributed by atoms with Gasteiger partial charge >= 0.3 is 0 Å². The minimum absolute atomic E-state index is 0.286. The molecule has 96 valence electrons. The van der Waals surface area contributed by atoms with Crippen LogP contribution in [-0.2, 0) is 10.0 Å². The van der Waals surface area contributed by atoms with Gasteiger partial charge in [-0.15, -0.1) is 0 Å². The van der Waals surface area contributed by atoms with Crippen LogP contribution in [0.3, 0.4) is 0 Å². The zero-order chi connectivity index (χ0) is 12.9. The van der Waals surface area contributed by atoms with Gasteiger partial charge in [0.1, 0.15) is 12.4 Å². The molecular formula is C12H19NO3S. The highest BCUT2D eigenvalue weighted by molar-refractivity contribution is 7.90. The molecule has 0 bridgehead atoms. The Balaban J connectivity index is 2.32. The smallest absolute Gasteiger partial charge is 0.214 e. The summed E-state index contributed by atoms with van der Waals surface area (Å²) in [5, 5.41) is -0.415. The Morgan fingerprint density at radius 2 is 1.82 bits per heavy atom. The number of sulfonamides is 1. The minimum Gasteiger partial charge on any atom is -0.492 e. The molecule has 0 heterocycles. The highest BCUT2D eigenvalue weighted by Gasteiger charge is 2.14. The molecule has 0 radical (unpaired) electrons. The van der Waals surface area contributed by atoms with Crippen molar-refractivity contribution in [3.8, 4) is 5.75 Å². The van der Waals surface area contributed by atoms with Crippen LogP contribution >= 0.6 is 0 Å². The maximum absolute atomic E-state index is 11.4. The lowest BCUT2D eigenvalue weighted by atomic mass is 10.2. The molecule has 4 nitrogen and oxygen atoms in total. The zero-order valence-electron chi connectivity index (χ0n) is 10.4. The summed E-state index contributed by atoms with van der Waals surface area (Å²) in [5.74, 6) is 0.749. The minimum atomic E-state index is -3.19. The fourth-order valence-corrected chi connectivity index (χ4v) is 1.86. The molecule has 0 spiro atoms. The molecule has 1 aromatic rings. The Labute approximate surface area is 103 Å². The van der Waals surface area contributed by atoms with Crippen LogP contribution in [0.4, 0.5) is 0 Å². The molecule has 1 aromatic carbocycles. The van der Waals surface area contributed by atoms with E-state index in [2.05, 4.69) is 4.72 Å². The predicted molar refractivity (Wildman–Crippen MR) is 68.7 cm³/mol. The number of rotatable bonds is 6. The summed E-state index contributed by atoms with van der Waals surface area (Å²) in [6, 6.07) is 7.64. The van der Waals surface area contributed by atoms with Crippen LogP contribution in [0.1, 0.15) is 19.4 Å². The standard InChI is InChI=1S/C12H19NO3S/c1-10(2)17(14,15)13-8-9-16-12-6-4-11(3)5-7-12/h4-7,10,13H,8-9H2,1-3H3. The Kier molecular flexibility index (Phi) is 4.96. The van der Waals surface area contributed by atoms with Gasteiger partial charge in [0.05, 0.1) is 5.25 Å². The first-order chi connectivity index (χ1) is 7.92. The fraction of sp³-hybridized carbons (Fsp3) is 0.500. The second kappa shape index (κ2) is 6.02. The van der Waals surface area contributed by atoms with Crippen molar-refractivity contribution in [1.29, 1.82) is 0 Å². The maximum Gasteiger partial charge on any atom is 0.214 e. The van der Waals surface area contributed by atoms with Crippen LogP contribution in [-0.4, -0.2) is 26.8 Å². The lowest BCUT2D eigenvalue weighted by molar-refractivity contribution is 0.322. The van der Waals surface area contributed by atoms with E-state index in [0.717, 1.165) is 11.3 Å². The molecule has 0 atom stereocenters. The maximum atomic E-state index is 11.4. The zero-order valence-corrected chi connectivity index (χ0v) is 11.3. The quantitative estimate of drug-likeness (QED) is 0.789. The molecule has 0 amide bonds. The van der Waals surface area contributed by atoms with Crippen molar-refractivity contribution in [1.82, 2.24) is 4.72 Å². The number of hydrogen-bond donors (Lipinski definition) is 1. The van der Waals surface area contributed by atoms with Gasteiger partial charge < -0.3 is 4.74 Å². The summed E-state index contributed by atoms with van der Waals surface area (Å²) in [5.41, 5.74) is 1.16. The first-order valence-electron chi connectivity index (χ1n) is 5.60. The van der Waals surface area contributed by atoms with Gasteiger partial charge in [0, 0.05) is 6.54 Å². The molecule has 0 unspecified atom stereocenters. The molecule has 0 fully saturated rings. The van der Waals surface area contributed by atoms with E-state index in [1.54, 1.807) is 13.8 Å². The summed E-state index contributed by atoms with van der Waals surface area (Å²) in [6.45, 7) is 5.90. The van der Waals surface area contributed by atoms with Crippen molar-refractivity contribution in [3.63, 3.8) is 0 Å². The second-order valence-corrected chi connectivity index (χ2v) is 6.47. The van der Waals surface area contributed by atoms with Crippen molar-refractivity contribution in [2.24, 2.45) is 0 Å². The number of hydrogen-bond acceptors (Lipinski definition) is 3. The molecule has 1 N–H and O–H groups in total. The van der Waals surface area contributed by atoms with Gasteiger partial charge in [-0.2, -0.15) is 0 Å². The Hall–Kier alpha value is -1.07. The fourth-order valence-electron chi connectivity index (χ4n) is 1.15. The van der Waals surface area contributed by atoms with E-state index < -0.39 is 15.3 Å². The van der Waals surface area contributed by atoms with Gasteiger partial charge in [-0.25, -0.2) is 13.1 Å². The molecular weight excluding hydrogens is 238 g/mol. The summed E-state index contributed by atoms with van der Waals surface area (Å²) < 4.78 is 30.7. The largest absolute Gasteiger partial charge is 0.492 e. The van der Waals surface area contributed by atoms with Crippen molar-refractivity contribution in [3.05, 3.63) is 29.8 Å². The average Bonchev–Trinajstić information content (AvgIpc) is 2.26. The Bertz CT molecular complexity index is 437. The van der Waals surface area contributed by atoms with E-state index in [1.807, 2.05) is 31.2 Å². The Morgan fingerprint density at radius 3 is 2.35 bits per heavy atom. The van der Waals surface area contributed by atoms with Crippen molar-refractivity contribution in [2.75, 3.05) is 13.2 Å². The van der Waals surface area contributed by atoms with Crippen LogP contribution in [0.2, 0.25) is 0 Å². The van der Waals surface area contributed by atoms with Gasteiger partial charge in [-0.1, -0.05) is 17.7 Å². The van der Waals surface area contributed by atoms with E-state index in [1.165, 1.54) is 0 Å². The summed E-state index contributed by atoms with van der Waals surface area (Å²) in [6.07, 6.45) is 0. The summed E-state index contributed by atoms with van der Waals surface area (Å²) in [4.78, 5) is 0. The monoisotopic (exact) mass is 257 g/mol. The van der Waals surface area contributed by atoms with Crippen molar-refractivity contribution >= 4 is 10.0 Å². The van der Waals surface area contributed by atoms with Crippen molar-refractivity contribution < 1.29 is 13.2 Å². The van der Waals surface area contributed by atoms with Gasteiger partial charge in [0.25, 0.3) is 0 Å². The van der Waals surface area contributed by atoms with Crippen LogP contribution in [0, 0.1) is 6.92 Å². The van der Waals surface area contributed by atoms with Gasteiger partial charge in [0.15, 0.2) is 0 Å². The third-order valence-electron chi connectivity index (χ3n) is 2.32. The second-order valence-electron chi connectivity index (χ2n) is 4.15. The topological polar surface area (TPSA) is 55.4 Å². The lowest BCUT2D eigenvalue weighted by Gasteiger charge is -2.10. The lowest BCUT2D eigenvalue weighted by Crippen LogP contribution is -2.33. The molecule has 0 aromatic heterocycles. The molecule has 1 rings (SSSR count). The Morgan fingerprint density at radius 1 is 1.24 bits per heavy atom. The summed E-state index contributed by atoms with van der Waals surface area (Å²) in [7, 11) is -3.19. The van der Waals surface area contributed by atoms with E-state index >= 15 is 0 Å². The average molecular weight is 257 g/mol. The number of aryl methyl sites for hydroxylation is 1. The van der Waals surface area contributed by atoms with Gasteiger partial charge in [0.2, 0.25) is 10.0 Å². The highest BCUT2D eigenvalue weighted by atomic mass is 32.2. The van der Waals surface area contributed by atoms with Crippen LogP contribution in [0.5, 0.6) is 5.75 Å². The van der Waals surface area contributed by atoms with Gasteiger partial charge in [-0.05, 0) is 32.9 Å². The third-order valence-corrected chi connectivity index (χ3v) is 4.16. The number of nitrogens with one attached hydrogen (secondary N) is 1. The van der Waals surface area contributed by atoms with Crippen LogP contribution in [0.15, 0.2) is 24.3 Å². The molecule has 0 aliphatic rings. The molecule has 0 aliphatic carbocycles. The molecule has 5 heteroatoms. The third kappa shape index (κ3) is 4.75. The molecule has 0 aliphatic heterocycles. The first kappa shape index (κ1) is 14.0. The normalized spacial score (nSPS) is 11.8. The van der Waals surface area contributed by atoms with E-state index in [-0.39, 0.29) is 6.54 Å². The van der Waals surface area contributed by atoms with Gasteiger partial charge in [-0.3, -0.25) is 0 Å². The number of benzene rings is 1. The molecule has 0 saturated carbocycles. The predicted octanol–water partition coefficient (Wildman–Crippen LogP) is 1.70. The van der Waals surface area contributed by atoms with Crippen molar-refractivity contribution in [2.45, 2.75) is 26.0 Å². The number of ether oxygens (including phenoxy) is 1. The van der Waals surface area contributed by atoms with E-state index in [4.69, 9.17) is 4.74 Å². The van der Waals surface area contributed by atoms with Crippen LogP contribution < -0.4 is 9.46 Å². The van der Waals surface area contributed by atoms with E-state index in [9.17, 15) is 8.42 Å². The van der Waals surface area contributed by atoms with E-state index in [0.29, 0.717) is 6.61 Å². The SMILES string of the molecule is Cc1ccc(OCCNS(=O)(=O)C(C)C)cc1. The first-order valence-corrected chi connectivity index (χ1v) is 7.14. The summed E-state index contributed by atoms with van der Waals surface area (Å²) >= 11 is 0. The highest BCUT2D eigenvalue weighted by Crippen LogP contribution is 2.10.